The molecule has 0 fully saturated rings. The van der Waals surface area contributed by atoms with E-state index in [2.05, 4.69) is 11.9 Å². The molecule has 0 bridgehead atoms. The van der Waals surface area contributed by atoms with Gasteiger partial charge in [0.2, 0.25) is 0 Å². The van der Waals surface area contributed by atoms with Gasteiger partial charge in [0.15, 0.2) is 0 Å². The van der Waals surface area contributed by atoms with Crippen LogP contribution in [-0.4, -0.2) is 22.1 Å². The summed E-state index contributed by atoms with van der Waals surface area (Å²) in [7, 11) is 0. The summed E-state index contributed by atoms with van der Waals surface area (Å²) in [6, 6.07) is 2.80. The van der Waals surface area contributed by atoms with E-state index in [0.717, 1.165) is 25.7 Å². The molecule has 0 atom stereocenters. The molecule has 0 N–H and O–H groups in total. The minimum atomic E-state index is -0.754. The van der Waals surface area contributed by atoms with Crippen LogP contribution in [0.15, 0.2) is 12.1 Å². The lowest BCUT2D eigenvalue weighted by Gasteiger charge is -2.07. The number of carbonyl (C=O) groups is 2. The SMILES string of the molecule is CCCCCCOc1cc(C(=O)Cl)nc(C(=O)Cl)c1. The maximum Gasteiger partial charge on any atom is 0.270 e. The average molecular weight is 304 g/mol. The van der Waals surface area contributed by atoms with Gasteiger partial charge >= 0.3 is 0 Å². The topological polar surface area (TPSA) is 56.3 Å². The van der Waals surface area contributed by atoms with Crippen molar-refractivity contribution in [2.45, 2.75) is 32.6 Å². The van der Waals surface area contributed by atoms with Gasteiger partial charge in [-0.15, -0.1) is 0 Å². The maximum absolute atomic E-state index is 11.1. The summed E-state index contributed by atoms with van der Waals surface area (Å²) in [4.78, 5) is 25.9. The second kappa shape index (κ2) is 8.12. The smallest absolute Gasteiger partial charge is 0.270 e. The van der Waals surface area contributed by atoms with Crippen LogP contribution in [0.5, 0.6) is 5.75 Å². The first-order valence-corrected chi connectivity index (χ1v) is 6.84. The van der Waals surface area contributed by atoms with Gasteiger partial charge in [-0.1, -0.05) is 26.2 Å². The first kappa shape index (κ1) is 15.9. The number of nitrogens with zero attached hydrogens (tertiary/aromatic N) is 1. The second-order valence-corrected chi connectivity index (χ2v) is 4.72. The van der Waals surface area contributed by atoms with Crippen molar-refractivity contribution in [2.24, 2.45) is 0 Å². The van der Waals surface area contributed by atoms with E-state index in [0.29, 0.717) is 12.4 Å². The molecule has 1 rings (SSSR count). The van der Waals surface area contributed by atoms with Crippen molar-refractivity contribution < 1.29 is 14.3 Å². The van der Waals surface area contributed by atoms with E-state index in [-0.39, 0.29) is 11.4 Å². The van der Waals surface area contributed by atoms with Crippen molar-refractivity contribution in [1.82, 2.24) is 4.98 Å². The Morgan fingerprint density at radius 1 is 1.11 bits per heavy atom. The maximum atomic E-state index is 11.1. The van der Waals surface area contributed by atoms with Gasteiger partial charge < -0.3 is 4.74 Å². The minimum absolute atomic E-state index is 0.0447. The molecule has 0 spiro atoms. The fraction of sp³-hybridized carbons (Fsp3) is 0.462. The first-order chi connectivity index (χ1) is 9.04. The van der Waals surface area contributed by atoms with Crippen molar-refractivity contribution in [3.05, 3.63) is 23.5 Å². The number of hydrogen-bond acceptors (Lipinski definition) is 4. The fourth-order valence-electron chi connectivity index (χ4n) is 1.51. The second-order valence-electron chi connectivity index (χ2n) is 4.03. The van der Waals surface area contributed by atoms with Gasteiger partial charge in [0.25, 0.3) is 10.5 Å². The van der Waals surface area contributed by atoms with Crippen molar-refractivity contribution in [3.63, 3.8) is 0 Å². The number of unbranched alkanes of at least 4 members (excludes halogenated alkanes) is 3. The van der Waals surface area contributed by atoms with Gasteiger partial charge in [0.05, 0.1) is 6.61 Å². The summed E-state index contributed by atoms with van der Waals surface area (Å²) in [6.07, 6.45) is 4.27. The van der Waals surface area contributed by atoms with Crippen LogP contribution >= 0.6 is 23.2 Å². The molecule has 0 aromatic carbocycles. The molecule has 0 unspecified atom stereocenters. The quantitative estimate of drug-likeness (QED) is 0.541. The van der Waals surface area contributed by atoms with Gasteiger partial charge in [0.1, 0.15) is 17.1 Å². The Kier molecular flexibility index (Phi) is 6.81. The number of halogens is 2. The van der Waals surface area contributed by atoms with E-state index in [1.54, 1.807) is 0 Å². The van der Waals surface area contributed by atoms with Crippen LogP contribution in [0.2, 0.25) is 0 Å². The predicted octanol–water partition coefficient (Wildman–Crippen LogP) is 3.80. The Balaban J connectivity index is 2.71. The largest absolute Gasteiger partial charge is 0.493 e. The zero-order chi connectivity index (χ0) is 14.3. The van der Waals surface area contributed by atoms with Gasteiger partial charge in [-0.05, 0) is 29.6 Å². The molecule has 0 saturated heterocycles. The highest BCUT2D eigenvalue weighted by atomic mass is 35.5. The summed E-state index contributed by atoms with van der Waals surface area (Å²) < 4.78 is 5.47. The number of ether oxygens (including phenoxy) is 1. The molecular formula is C13H15Cl2NO3. The lowest BCUT2D eigenvalue weighted by molar-refractivity contribution is 0.107. The Morgan fingerprint density at radius 3 is 2.16 bits per heavy atom. The van der Waals surface area contributed by atoms with E-state index < -0.39 is 10.5 Å². The van der Waals surface area contributed by atoms with Crippen LogP contribution < -0.4 is 4.74 Å². The Bertz CT molecular complexity index is 431. The van der Waals surface area contributed by atoms with Crippen molar-refractivity contribution in [2.75, 3.05) is 6.61 Å². The van der Waals surface area contributed by atoms with E-state index >= 15 is 0 Å². The zero-order valence-electron chi connectivity index (χ0n) is 10.6. The highest BCUT2D eigenvalue weighted by Gasteiger charge is 2.12. The third-order valence-electron chi connectivity index (χ3n) is 2.47. The number of aromatic nitrogens is 1. The predicted molar refractivity (Wildman–Crippen MR) is 74.2 cm³/mol. The van der Waals surface area contributed by atoms with Crippen molar-refractivity contribution in [1.29, 1.82) is 0 Å². The molecule has 1 aromatic heterocycles. The van der Waals surface area contributed by atoms with Gasteiger partial charge in [-0.25, -0.2) is 4.98 Å². The van der Waals surface area contributed by atoms with Crippen LogP contribution in [0, 0.1) is 0 Å². The highest BCUT2D eigenvalue weighted by Crippen LogP contribution is 2.17. The number of pyridine rings is 1. The summed E-state index contributed by atoms with van der Waals surface area (Å²) in [6.45, 7) is 2.64. The summed E-state index contributed by atoms with van der Waals surface area (Å²) in [5.74, 6) is 0.375. The molecule has 6 heteroatoms. The van der Waals surface area contributed by atoms with Crippen LogP contribution in [-0.2, 0) is 0 Å². The van der Waals surface area contributed by atoms with E-state index in [4.69, 9.17) is 27.9 Å². The van der Waals surface area contributed by atoms with Gasteiger partial charge in [0, 0.05) is 12.1 Å². The molecule has 0 saturated carbocycles. The van der Waals surface area contributed by atoms with Crippen LogP contribution in [0.3, 0.4) is 0 Å². The molecule has 1 aromatic rings. The molecule has 0 aliphatic heterocycles. The standard InChI is InChI=1S/C13H15Cl2NO3/c1-2-3-4-5-6-19-9-7-10(12(14)17)16-11(8-9)13(15)18/h7-8H,2-6H2,1H3. The van der Waals surface area contributed by atoms with E-state index in [9.17, 15) is 9.59 Å². The summed E-state index contributed by atoms with van der Waals surface area (Å²) in [5.41, 5.74) is -0.0894. The fourth-order valence-corrected chi connectivity index (χ4v) is 1.70. The monoisotopic (exact) mass is 303 g/mol. The number of rotatable bonds is 8. The molecule has 0 radical (unpaired) electrons. The zero-order valence-corrected chi connectivity index (χ0v) is 12.1. The molecule has 1 heterocycles. The van der Waals surface area contributed by atoms with E-state index in [1.807, 2.05) is 0 Å². The normalized spacial score (nSPS) is 10.3. The van der Waals surface area contributed by atoms with Crippen molar-refractivity contribution >= 4 is 33.7 Å². The number of hydrogen-bond donors (Lipinski definition) is 0. The number of carbonyl (C=O) groups excluding carboxylic acids is 2. The third kappa shape index (κ3) is 5.57. The van der Waals surface area contributed by atoms with E-state index in [1.165, 1.54) is 12.1 Å². The van der Waals surface area contributed by atoms with Gasteiger partial charge in [-0.2, -0.15) is 0 Å². The Hall–Kier alpha value is -1.13. The third-order valence-corrected chi connectivity index (χ3v) is 2.86. The molecule has 4 nitrogen and oxygen atoms in total. The average Bonchev–Trinajstić information content (AvgIpc) is 2.38. The summed E-state index contributed by atoms with van der Waals surface area (Å²) in [5, 5.41) is -1.51. The summed E-state index contributed by atoms with van der Waals surface area (Å²) >= 11 is 10.7. The molecule has 0 aliphatic rings. The molecule has 104 valence electrons. The van der Waals surface area contributed by atoms with Crippen LogP contribution in [0.4, 0.5) is 0 Å². The highest BCUT2D eigenvalue weighted by molar-refractivity contribution is 6.68. The Morgan fingerprint density at radius 2 is 1.68 bits per heavy atom. The van der Waals surface area contributed by atoms with Crippen LogP contribution in [0.25, 0.3) is 0 Å². The van der Waals surface area contributed by atoms with Crippen molar-refractivity contribution in [3.8, 4) is 5.75 Å². The van der Waals surface area contributed by atoms with Gasteiger partial charge in [-0.3, -0.25) is 9.59 Å². The lowest BCUT2D eigenvalue weighted by atomic mass is 10.2. The van der Waals surface area contributed by atoms with Crippen LogP contribution in [0.1, 0.15) is 53.6 Å². The molecule has 0 aliphatic carbocycles. The minimum Gasteiger partial charge on any atom is -0.493 e. The molecular weight excluding hydrogens is 289 g/mol. The first-order valence-electron chi connectivity index (χ1n) is 6.09. The molecule has 19 heavy (non-hydrogen) atoms. The Labute approximate surface area is 122 Å². The molecule has 0 amide bonds. The lowest BCUT2D eigenvalue weighted by Crippen LogP contribution is -2.05.